The minimum Gasteiger partial charge on any atom is -0.292 e. The molecular weight excluding hydrogens is 352 g/mol. The van der Waals surface area contributed by atoms with Crippen LogP contribution in [0.5, 0.6) is 0 Å². The number of hydrogen-bond donors (Lipinski definition) is 0. The lowest BCUT2D eigenvalue weighted by Crippen LogP contribution is -2.44. The predicted molar refractivity (Wildman–Crippen MR) is 114 cm³/mol. The first-order chi connectivity index (χ1) is 12.9. The molecule has 2 rings (SSSR count). The molecule has 1 saturated carbocycles. The molecule has 1 aliphatic carbocycles. The fraction of sp³-hybridized carbons (Fsp3) is 0.565. The van der Waals surface area contributed by atoms with Gasteiger partial charge in [-0.15, -0.1) is 6.58 Å². The van der Waals surface area contributed by atoms with Crippen molar-refractivity contribution < 1.29 is 14.6 Å². The molecule has 0 aromatic heterocycles. The Kier molecular flexibility index (Phi) is 7.87. The normalized spacial score (nSPS) is 21.3. The topological polar surface area (TPSA) is 35.5 Å². The van der Waals surface area contributed by atoms with E-state index in [1.165, 1.54) is 11.6 Å². The van der Waals surface area contributed by atoms with Gasteiger partial charge in [-0.1, -0.05) is 76.1 Å². The van der Waals surface area contributed by atoms with Gasteiger partial charge in [-0.05, 0) is 42.7 Å². The van der Waals surface area contributed by atoms with Crippen LogP contribution in [0.15, 0.2) is 36.5 Å². The van der Waals surface area contributed by atoms with Crippen molar-refractivity contribution in [2.24, 2.45) is 17.8 Å². The molecule has 1 aromatic rings. The zero-order chi connectivity index (χ0) is 20.0. The summed E-state index contributed by atoms with van der Waals surface area (Å²) < 4.78 is 0. The highest BCUT2D eigenvalue weighted by Crippen LogP contribution is 2.40. The van der Waals surface area contributed by atoms with Crippen molar-refractivity contribution in [1.82, 2.24) is 0 Å². The van der Waals surface area contributed by atoms with Crippen LogP contribution in [0, 0.1) is 23.9 Å². The summed E-state index contributed by atoms with van der Waals surface area (Å²) in [6, 6.07) is 10.1. The van der Waals surface area contributed by atoms with Gasteiger partial charge >= 0.3 is 5.97 Å². The second kappa shape index (κ2) is 9.70. The van der Waals surface area contributed by atoms with Crippen LogP contribution in [0.1, 0.15) is 64.2 Å². The van der Waals surface area contributed by atoms with Gasteiger partial charge in [0.25, 0.3) is 0 Å². The van der Waals surface area contributed by atoms with E-state index in [0.717, 1.165) is 31.0 Å². The van der Waals surface area contributed by atoms with Crippen LogP contribution in [0.2, 0.25) is 12.1 Å². The Labute approximate surface area is 166 Å². The van der Waals surface area contributed by atoms with Gasteiger partial charge in [0, 0.05) is 0 Å². The van der Waals surface area contributed by atoms with Crippen LogP contribution >= 0.6 is 0 Å². The second-order valence-electron chi connectivity index (χ2n) is 8.30. The first kappa shape index (κ1) is 21.9. The van der Waals surface area contributed by atoms with Crippen LogP contribution in [0.4, 0.5) is 0 Å². The third kappa shape index (κ3) is 5.11. The molecule has 0 N–H and O–H groups in total. The Hall–Kier alpha value is -1.39. The SMILES string of the molecule is C=C[Si](CC)(CC)c1ccc(C(=O)OO[C]2CC(C)CCC2C(C)C)cc1. The molecule has 1 aromatic carbocycles. The zero-order valence-corrected chi connectivity index (χ0v) is 18.6. The highest BCUT2D eigenvalue weighted by atomic mass is 28.3. The van der Waals surface area contributed by atoms with Crippen molar-refractivity contribution in [3.63, 3.8) is 0 Å². The van der Waals surface area contributed by atoms with E-state index in [0.29, 0.717) is 23.3 Å². The molecule has 0 amide bonds. The van der Waals surface area contributed by atoms with Crippen LogP contribution in [0.25, 0.3) is 0 Å². The van der Waals surface area contributed by atoms with E-state index in [4.69, 9.17) is 9.78 Å². The largest absolute Gasteiger partial charge is 0.373 e. The van der Waals surface area contributed by atoms with Gasteiger partial charge in [0.15, 0.2) is 6.10 Å². The number of benzene rings is 1. The average molecular weight is 388 g/mol. The minimum absolute atomic E-state index is 0.365. The molecule has 0 heterocycles. The van der Waals surface area contributed by atoms with Crippen molar-refractivity contribution in [2.75, 3.05) is 0 Å². The Morgan fingerprint density at radius 3 is 2.37 bits per heavy atom. The van der Waals surface area contributed by atoms with Crippen LogP contribution < -0.4 is 5.19 Å². The third-order valence-corrected chi connectivity index (χ3v) is 11.1. The molecule has 0 bridgehead atoms. The van der Waals surface area contributed by atoms with Gasteiger partial charge in [0.2, 0.25) is 0 Å². The molecule has 1 aliphatic rings. The standard InChI is InChI=1S/C23H35O3Si/c1-7-27(8-2,9-3)20-13-11-19(12-14-20)23(24)26-25-22-16-18(6)10-15-21(22)17(4)5/h7,11-14,17-18,21H,1,8-10,15-16H2,2-6H3. The smallest absolute Gasteiger partial charge is 0.292 e. The van der Waals surface area contributed by atoms with Crippen molar-refractivity contribution in [3.05, 3.63) is 48.2 Å². The monoisotopic (exact) mass is 387 g/mol. The Balaban J connectivity index is 2.02. The molecule has 0 spiro atoms. The summed E-state index contributed by atoms with van der Waals surface area (Å²) in [5.74, 6) is 1.01. The molecule has 1 radical (unpaired) electrons. The number of hydrogen-bond acceptors (Lipinski definition) is 3. The lowest BCUT2D eigenvalue weighted by molar-refractivity contribution is -0.251. The summed E-state index contributed by atoms with van der Waals surface area (Å²) in [5, 5.41) is 1.32. The maximum Gasteiger partial charge on any atom is 0.373 e. The Morgan fingerprint density at radius 2 is 1.85 bits per heavy atom. The number of carbonyl (C=O) groups is 1. The predicted octanol–water partition coefficient (Wildman–Crippen LogP) is 5.82. The van der Waals surface area contributed by atoms with Crippen molar-refractivity contribution in [3.8, 4) is 0 Å². The maximum absolute atomic E-state index is 12.4. The Morgan fingerprint density at radius 1 is 1.22 bits per heavy atom. The van der Waals surface area contributed by atoms with Crippen molar-refractivity contribution in [1.29, 1.82) is 0 Å². The van der Waals surface area contributed by atoms with Crippen LogP contribution in [-0.4, -0.2) is 14.0 Å². The van der Waals surface area contributed by atoms with Gasteiger partial charge in [-0.2, -0.15) is 4.89 Å². The fourth-order valence-corrected chi connectivity index (χ4v) is 7.13. The summed E-state index contributed by atoms with van der Waals surface area (Å²) in [5.41, 5.74) is 2.68. The number of rotatable bonds is 8. The molecule has 0 aliphatic heterocycles. The van der Waals surface area contributed by atoms with Crippen LogP contribution in [0.3, 0.4) is 0 Å². The van der Waals surface area contributed by atoms with Gasteiger partial charge in [0.1, 0.15) is 8.07 Å². The van der Waals surface area contributed by atoms with E-state index in [1.54, 1.807) is 0 Å². The van der Waals surface area contributed by atoms with E-state index in [2.05, 4.69) is 59.0 Å². The van der Waals surface area contributed by atoms with Crippen LogP contribution in [-0.2, 0) is 9.78 Å². The highest BCUT2D eigenvalue weighted by molar-refractivity contribution is 6.95. The molecule has 2 unspecified atom stereocenters. The molecule has 27 heavy (non-hydrogen) atoms. The summed E-state index contributed by atoms with van der Waals surface area (Å²) in [4.78, 5) is 23.2. The van der Waals surface area contributed by atoms with Crippen molar-refractivity contribution in [2.45, 2.75) is 66.0 Å². The Bertz CT molecular complexity index is 619. The molecule has 1 fully saturated rings. The molecule has 3 nitrogen and oxygen atoms in total. The number of carbonyl (C=O) groups excluding carboxylic acids is 1. The molecule has 2 atom stereocenters. The minimum atomic E-state index is -1.65. The van der Waals surface area contributed by atoms with Gasteiger partial charge in [0.05, 0.1) is 5.56 Å². The van der Waals surface area contributed by atoms with E-state index >= 15 is 0 Å². The second-order valence-corrected chi connectivity index (χ2v) is 13.0. The van der Waals surface area contributed by atoms with Gasteiger partial charge in [-0.25, -0.2) is 4.79 Å². The summed E-state index contributed by atoms with van der Waals surface area (Å²) in [6.45, 7) is 15.1. The molecule has 0 saturated heterocycles. The lowest BCUT2D eigenvalue weighted by atomic mass is 9.75. The molecule has 4 heteroatoms. The highest BCUT2D eigenvalue weighted by Gasteiger charge is 2.34. The summed E-state index contributed by atoms with van der Waals surface area (Å²) >= 11 is 0. The maximum atomic E-state index is 12.4. The summed E-state index contributed by atoms with van der Waals surface area (Å²) in [6.07, 6.45) is 4.09. The van der Waals surface area contributed by atoms with E-state index < -0.39 is 14.0 Å². The zero-order valence-electron chi connectivity index (χ0n) is 17.6. The lowest BCUT2D eigenvalue weighted by Gasteiger charge is -2.34. The average Bonchev–Trinajstić information content (AvgIpc) is 2.68. The van der Waals surface area contributed by atoms with E-state index in [1.807, 2.05) is 12.1 Å². The van der Waals surface area contributed by atoms with E-state index in [9.17, 15) is 4.79 Å². The van der Waals surface area contributed by atoms with Gasteiger partial charge < -0.3 is 0 Å². The summed E-state index contributed by atoms with van der Waals surface area (Å²) in [7, 11) is -1.65. The quantitative estimate of drug-likeness (QED) is 0.320. The first-order valence-electron chi connectivity index (χ1n) is 10.4. The van der Waals surface area contributed by atoms with Gasteiger partial charge in [-0.3, -0.25) is 4.89 Å². The third-order valence-electron chi connectivity index (χ3n) is 6.31. The van der Waals surface area contributed by atoms with Crippen molar-refractivity contribution >= 4 is 19.2 Å². The fourth-order valence-electron chi connectivity index (χ4n) is 4.17. The molecular formula is C23H35O3Si. The molecule has 149 valence electrons. The van der Waals surface area contributed by atoms with E-state index in [-0.39, 0.29) is 0 Å². The first-order valence-corrected chi connectivity index (χ1v) is 12.8.